The standard InChI is InChI=1S/C26H25N5OS/c27-15-18-12-20(14-21(25(18)28)23-13-17-4-1-2-6-22(17)33-23)30-24(32)10-9-19-8-7-16-5-3-11-29-26(16)31-19/h1-2,4,6-8,12-15,27H,3,5,9-11,28H2,(H,29,31)(H,30,32). The van der Waals surface area contributed by atoms with Crippen molar-refractivity contribution in [2.24, 2.45) is 0 Å². The molecule has 0 saturated carbocycles. The highest BCUT2D eigenvalue weighted by molar-refractivity contribution is 7.22. The van der Waals surface area contributed by atoms with Crippen LogP contribution in [0.4, 0.5) is 17.2 Å². The predicted octanol–water partition coefficient (Wildman–Crippen LogP) is 5.47. The number of carbonyl (C=O) groups excluding carboxylic acids is 1. The van der Waals surface area contributed by atoms with Crippen molar-refractivity contribution < 1.29 is 4.79 Å². The van der Waals surface area contributed by atoms with Gasteiger partial charge in [-0.05, 0) is 60.5 Å². The molecule has 5 rings (SSSR count). The van der Waals surface area contributed by atoms with Crippen molar-refractivity contribution in [3.8, 4) is 10.4 Å². The fraction of sp³-hybridized carbons (Fsp3) is 0.192. The van der Waals surface area contributed by atoms with E-state index in [1.165, 1.54) is 16.5 Å². The second-order valence-corrected chi connectivity index (χ2v) is 9.29. The molecule has 1 amide bonds. The predicted molar refractivity (Wildman–Crippen MR) is 138 cm³/mol. The molecule has 0 radical (unpaired) electrons. The number of amides is 1. The van der Waals surface area contributed by atoms with Gasteiger partial charge >= 0.3 is 0 Å². The van der Waals surface area contributed by atoms with Crippen molar-refractivity contribution in [2.45, 2.75) is 25.7 Å². The Morgan fingerprint density at radius 1 is 1.21 bits per heavy atom. The molecule has 0 spiro atoms. The number of aromatic nitrogens is 1. The number of thiophene rings is 1. The Hall–Kier alpha value is -3.71. The highest BCUT2D eigenvalue weighted by Gasteiger charge is 2.14. The minimum absolute atomic E-state index is 0.0922. The van der Waals surface area contributed by atoms with Crippen molar-refractivity contribution in [1.29, 1.82) is 5.41 Å². The number of benzene rings is 2. The first kappa shape index (κ1) is 21.2. The first-order valence-corrected chi connectivity index (χ1v) is 11.9. The highest BCUT2D eigenvalue weighted by atomic mass is 32.1. The van der Waals surface area contributed by atoms with E-state index in [0.717, 1.165) is 46.7 Å². The highest BCUT2D eigenvalue weighted by Crippen LogP contribution is 2.39. The summed E-state index contributed by atoms with van der Waals surface area (Å²) in [6.07, 6.45) is 4.29. The zero-order chi connectivity index (χ0) is 22.8. The number of fused-ring (bicyclic) bond motifs is 2. The Labute approximate surface area is 196 Å². The van der Waals surface area contributed by atoms with E-state index in [1.807, 2.05) is 24.3 Å². The summed E-state index contributed by atoms with van der Waals surface area (Å²) in [5.74, 6) is 0.853. The number of nitrogen functional groups attached to an aromatic ring is 1. The number of nitrogens with one attached hydrogen (secondary N) is 3. The van der Waals surface area contributed by atoms with Crippen LogP contribution in [0.15, 0.2) is 54.6 Å². The topological polar surface area (TPSA) is 104 Å². The van der Waals surface area contributed by atoms with Crippen LogP contribution in [0.2, 0.25) is 0 Å². The van der Waals surface area contributed by atoms with E-state index in [-0.39, 0.29) is 5.91 Å². The van der Waals surface area contributed by atoms with Crippen LogP contribution in [0.3, 0.4) is 0 Å². The van der Waals surface area contributed by atoms with E-state index in [2.05, 4.69) is 39.9 Å². The van der Waals surface area contributed by atoms with Gasteiger partial charge in [0.05, 0.1) is 0 Å². The Kier molecular flexibility index (Phi) is 5.79. The summed E-state index contributed by atoms with van der Waals surface area (Å²) >= 11 is 1.65. The van der Waals surface area contributed by atoms with Crippen molar-refractivity contribution in [2.75, 3.05) is 22.9 Å². The number of anilines is 3. The lowest BCUT2D eigenvalue weighted by atomic mass is 10.0. The smallest absolute Gasteiger partial charge is 0.224 e. The van der Waals surface area contributed by atoms with E-state index in [1.54, 1.807) is 17.4 Å². The van der Waals surface area contributed by atoms with Crippen LogP contribution in [0.1, 0.15) is 29.7 Å². The molecule has 166 valence electrons. The summed E-state index contributed by atoms with van der Waals surface area (Å²) in [6, 6.07) is 18.0. The average Bonchev–Trinajstić information content (AvgIpc) is 3.27. The Balaban J connectivity index is 1.34. The molecule has 0 saturated heterocycles. The monoisotopic (exact) mass is 455 g/mol. The third-order valence-electron chi connectivity index (χ3n) is 5.90. The van der Waals surface area contributed by atoms with Crippen molar-refractivity contribution >= 4 is 50.7 Å². The maximum atomic E-state index is 12.7. The molecule has 0 aliphatic carbocycles. The summed E-state index contributed by atoms with van der Waals surface area (Å²) in [4.78, 5) is 18.4. The van der Waals surface area contributed by atoms with Crippen molar-refractivity contribution in [3.63, 3.8) is 0 Å². The van der Waals surface area contributed by atoms with Crippen LogP contribution in [-0.4, -0.2) is 23.7 Å². The lowest BCUT2D eigenvalue weighted by molar-refractivity contribution is -0.116. The van der Waals surface area contributed by atoms with Gasteiger partial charge in [0, 0.05) is 57.0 Å². The van der Waals surface area contributed by atoms with Gasteiger partial charge in [0.15, 0.2) is 0 Å². The van der Waals surface area contributed by atoms with Gasteiger partial charge in [-0.1, -0.05) is 24.3 Å². The lowest BCUT2D eigenvalue weighted by Crippen LogP contribution is -2.16. The van der Waals surface area contributed by atoms with Crippen LogP contribution >= 0.6 is 11.3 Å². The molecule has 2 aromatic carbocycles. The van der Waals surface area contributed by atoms with Gasteiger partial charge in [0.2, 0.25) is 5.91 Å². The normalized spacial score (nSPS) is 12.7. The minimum Gasteiger partial charge on any atom is -0.398 e. The Bertz CT molecular complexity index is 1330. The number of carbonyl (C=O) groups is 1. The van der Waals surface area contributed by atoms with E-state index >= 15 is 0 Å². The van der Waals surface area contributed by atoms with E-state index in [4.69, 9.17) is 11.1 Å². The van der Waals surface area contributed by atoms with Gasteiger partial charge in [0.1, 0.15) is 5.82 Å². The van der Waals surface area contributed by atoms with Crippen molar-refractivity contribution in [1.82, 2.24) is 4.98 Å². The lowest BCUT2D eigenvalue weighted by Gasteiger charge is -2.17. The molecular weight excluding hydrogens is 430 g/mol. The van der Waals surface area contributed by atoms with Crippen LogP contribution in [0.5, 0.6) is 0 Å². The van der Waals surface area contributed by atoms with Gasteiger partial charge < -0.3 is 21.8 Å². The maximum Gasteiger partial charge on any atom is 0.224 e. The van der Waals surface area contributed by atoms with E-state index in [9.17, 15) is 4.79 Å². The minimum atomic E-state index is -0.0922. The Morgan fingerprint density at radius 3 is 2.94 bits per heavy atom. The number of hydrogen-bond acceptors (Lipinski definition) is 6. The fourth-order valence-electron chi connectivity index (χ4n) is 4.16. The van der Waals surface area contributed by atoms with E-state index < -0.39 is 0 Å². The number of nitrogens with two attached hydrogens (primary N) is 1. The zero-order valence-electron chi connectivity index (χ0n) is 18.2. The van der Waals surface area contributed by atoms with E-state index in [0.29, 0.717) is 29.8 Å². The van der Waals surface area contributed by atoms with Gasteiger partial charge in [-0.25, -0.2) is 4.98 Å². The SMILES string of the molecule is N=Cc1cc(NC(=O)CCc2ccc3c(n2)NCCC3)cc(-c2cc3ccccc3s2)c1N. The molecule has 3 heterocycles. The molecular formula is C26H25N5OS. The number of rotatable bonds is 6. The van der Waals surface area contributed by atoms with Crippen LogP contribution < -0.4 is 16.4 Å². The first-order valence-electron chi connectivity index (χ1n) is 11.1. The molecule has 7 heteroatoms. The second-order valence-electron chi connectivity index (χ2n) is 8.21. The summed E-state index contributed by atoms with van der Waals surface area (Å²) in [7, 11) is 0. The fourth-order valence-corrected chi connectivity index (χ4v) is 5.25. The third-order valence-corrected chi connectivity index (χ3v) is 7.05. The quantitative estimate of drug-likeness (QED) is 0.228. The molecule has 0 unspecified atom stereocenters. The number of hydrogen-bond donors (Lipinski definition) is 4. The molecule has 33 heavy (non-hydrogen) atoms. The molecule has 6 nitrogen and oxygen atoms in total. The third kappa shape index (κ3) is 4.45. The molecule has 0 atom stereocenters. The molecule has 4 aromatic rings. The summed E-state index contributed by atoms with van der Waals surface area (Å²) in [5, 5.41) is 15.2. The van der Waals surface area contributed by atoms with Gasteiger partial charge in [-0.15, -0.1) is 11.3 Å². The summed E-state index contributed by atoms with van der Waals surface area (Å²) in [6.45, 7) is 0.943. The second kappa shape index (κ2) is 9.03. The molecule has 0 fully saturated rings. The van der Waals surface area contributed by atoms with Gasteiger partial charge in [0.25, 0.3) is 0 Å². The number of aryl methyl sites for hydroxylation is 2. The largest absolute Gasteiger partial charge is 0.398 e. The molecule has 5 N–H and O–H groups in total. The molecule has 0 bridgehead atoms. The zero-order valence-corrected chi connectivity index (χ0v) is 19.0. The van der Waals surface area contributed by atoms with Crippen LogP contribution in [-0.2, 0) is 17.6 Å². The molecule has 1 aliphatic heterocycles. The summed E-state index contributed by atoms with van der Waals surface area (Å²) < 4.78 is 1.17. The molecule has 2 aromatic heterocycles. The summed E-state index contributed by atoms with van der Waals surface area (Å²) in [5.41, 5.74) is 11.1. The Morgan fingerprint density at radius 2 is 2.09 bits per heavy atom. The number of nitrogens with zero attached hydrogens (tertiary/aromatic N) is 1. The average molecular weight is 456 g/mol. The first-order chi connectivity index (χ1) is 16.1. The molecule has 1 aliphatic rings. The van der Waals surface area contributed by atoms with Crippen molar-refractivity contribution in [3.05, 3.63) is 71.4 Å². The van der Waals surface area contributed by atoms with Crippen LogP contribution in [0, 0.1) is 5.41 Å². The van der Waals surface area contributed by atoms with Gasteiger partial charge in [-0.3, -0.25) is 4.79 Å². The number of pyridine rings is 1. The maximum absolute atomic E-state index is 12.7. The van der Waals surface area contributed by atoms with Gasteiger partial charge in [-0.2, -0.15) is 0 Å². The van der Waals surface area contributed by atoms with Crippen LogP contribution in [0.25, 0.3) is 20.5 Å².